The summed E-state index contributed by atoms with van der Waals surface area (Å²) in [5.41, 5.74) is 0.547. The molecule has 1 aliphatic carbocycles. The van der Waals surface area contributed by atoms with Gasteiger partial charge in [-0.3, -0.25) is 0 Å². The molecule has 0 aromatic rings. The molecule has 3 unspecified atom stereocenters. The fourth-order valence-electron chi connectivity index (χ4n) is 3.22. The van der Waals surface area contributed by atoms with E-state index in [1.54, 1.807) is 0 Å². The summed E-state index contributed by atoms with van der Waals surface area (Å²) in [4.78, 5) is 0. The number of hydrogen-bond donors (Lipinski definition) is 2. The summed E-state index contributed by atoms with van der Waals surface area (Å²) in [6, 6.07) is 1.29. The number of ether oxygens (including phenoxy) is 1. The summed E-state index contributed by atoms with van der Waals surface area (Å²) in [5, 5.41) is 7.27. The van der Waals surface area contributed by atoms with E-state index in [4.69, 9.17) is 4.74 Å². The van der Waals surface area contributed by atoms with Crippen molar-refractivity contribution in [2.24, 2.45) is 11.3 Å². The molecule has 3 nitrogen and oxygen atoms in total. The van der Waals surface area contributed by atoms with Crippen molar-refractivity contribution < 1.29 is 4.74 Å². The van der Waals surface area contributed by atoms with E-state index in [0.717, 1.165) is 32.3 Å². The van der Waals surface area contributed by atoms with Crippen LogP contribution in [-0.2, 0) is 4.74 Å². The molecule has 1 saturated heterocycles. The van der Waals surface area contributed by atoms with E-state index in [1.807, 2.05) is 0 Å². The Kier molecular flexibility index (Phi) is 4.45. The highest BCUT2D eigenvalue weighted by molar-refractivity contribution is 4.89. The lowest BCUT2D eigenvalue weighted by atomic mass is 9.92. The first kappa shape index (κ1) is 13.3. The first-order valence-electron chi connectivity index (χ1n) is 7.15. The van der Waals surface area contributed by atoms with Crippen LogP contribution in [0.3, 0.4) is 0 Å². The van der Waals surface area contributed by atoms with Gasteiger partial charge in [0.25, 0.3) is 0 Å². The van der Waals surface area contributed by atoms with Crippen LogP contribution < -0.4 is 10.6 Å². The molecule has 2 rings (SSSR count). The van der Waals surface area contributed by atoms with Crippen LogP contribution in [0.25, 0.3) is 0 Å². The number of rotatable bonds is 5. The van der Waals surface area contributed by atoms with Crippen LogP contribution in [0.4, 0.5) is 0 Å². The van der Waals surface area contributed by atoms with E-state index >= 15 is 0 Å². The molecule has 0 amide bonds. The van der Waals surface area contributed by atoms with Gasteiger partial charge in [0, 0.05) is 24.5 Å². The first-order chi connectivity index (χ1) is 8.11. The highest BCUT2D eigenvalue weighted by atomic mass is 16.5. The molecular weight excluding hydrogens is 212 g/mol. The molecule has 1 saturated carbocycles. The molecule has 1 aliphatic heterocycles. The molecule has 17 heavy (non-hydrogen) atoms. The fraction of sp³-hybridized carbons (Fsp3) is 1.00. The predicted octanol–water partition coefficient (Wildman–Crippen LogP) is 1.78. The Morgan fingerprint density at radius 3 is 2.71 bits per heavy atom. The number of nitrogens with one attached hydrogen (secondary N) is 2. The van der Waals surface area contributed by atoms with E-state index in [2.05, 4.69) is 31.4 Å². The molecule has 0 radical (unpaired) electrons. The fourth-order valence-corrected chi connectivity index (χ4v) is 3.22. The molecule has 0 aromatic heterocycles. The van der Waals surface area contributed by atoms with Crippen LogP contribution >= 0.6 is 0 Å². The number of likely N-dealkylation sites (N-methyl/N-ethyl adjacent to an activating group) is 1. The minimum atomic E-state index is 0.547. The number of hydrogen-bond acceptors (Lipinski definition) is 3. The van der Waals surface area contributed by atoms with Crippen molar-refractivity contribution in [2.45, 2.75) is 52.1 Å². The Balaban J connectivity index is 1.71. The van der Waals surface area contributed by atoms with Gasteiger partial charge >= 0.3 is 0 Å². The third-order valence-electron chi connectivity index (χ3n) is 4.30. The lowest BCUT2D eigenvalue weighted by molar-refractivity contribution is 0.181. The summed E-state index contributed by atoms with van der Waals surface area (Å²) in [5.74, 6) is 0.652. The molecule has 100 valence electrons. The largest absolute Gasteiger partial charge is 0.379 e. The Morgan fingerprint density at radius 1 is 1.24 bits per heavy atom. The molecule has 2 fully saturated rings. The summed E-state index contributed by atoms with van der Waals surface area (Å²) in [6.45, 7) is 10.9. The molecule has 1 heterocycles. The van der Waals surface area contributed by atoms with Crippen LogP contribution in [0.5, 0.6) is 0 Å². The highest BCUT2D eigenvalue weighted by Gasteiger charge is 2.32. The normalized spacial score (nSPS) is 36.5. The van der Waals surface area contributed by atoms with Gasteiger partial charge in [-0.1, -0.05) is 20.8 Å². The van der Waals surface area contributed by atoms with Gasteiger partial charge < -0.3 is 15.4 Å². The van der Waals surface area contributed by atoms with Crippen LogP contribution in [0.15, 0.2) is 0 Å². The van der Waals surface area contributed by atoms with Gasteiger partial charge in [0.1, 0.15) is 0 Å². The van der Waals surface area contributed by atoms with Gasteiger partial charge in [0.15, 0.2) is 0 Å². The van der Waals surface area contributed by atoms with Crippen molar-refractivity contribution in [2.75, 3.05) is 26.3 Å². The third kappa shape index (κ3) is 3.67. The zero-order valence-electron chi connectivity index (χ0n) is 11.6. The predicted molar refractivity (Wildman–Crippen MR) is 71.2 cm³/mol. The smallest absolute Gasteiger partial charge is 0.0623 e. The Hall–Kier alpha value is -0.120. The molecule has 2 aliphatic rings. The second-order valence-corrected chi connectivity index (χ2v) is 6.47. The summed E-state index contributed by atoms with van der Waals surface area (Å²) < 4.78 is 5.58. The maximum absolute atomic E-state index is 5.58. The van der Waals surface area contributed by atoms with Crippen molar-refractivity contribution in [3.63, 3.8) is 0 Å². The van der Waals surface area contributed by atoms with Crippen LogP contribution in [0.1, 0.15) is 40.0 Å². The van der Waals surface area contributed by atoms with E-state index in [1.165, 1.54) is 19.3 Å². The Bertz CT molecular complexity index is 242. The summed E-state index contributed by atoms with van der Waals surface area (Å²) in [7, 11) is 0. The molecular formula is C14H28N2O. The van der Waals surface area contributed by atoms with Gasteiger partial charge in [-0.05, 0) is 31.2 Å². The van der Waals surface area contributed by atoms with E-state index in [9.17, 15) is 0 Å². The van der Waals surface area contributed by atoms with Crippen molar-refractivity contribution in [1.29, 1.82) is 0 Å². The molecule has 2 N–H and O–H groups in total. The van der Waals surface area contributed by atoms with E-state index < -0.39 is 0 Å². The SMILES string of the molecule is CCNC1COCC1CNC1CCC(C)(C)C1. The van der Waals surface area contributed by atoms with Crippen LogP contribution in [0, 0.1) is 11.3 Å². The van der Waals surface area contributed by atoms with Crippen molar-refractivity contribution in [3.05, 3.63) is 0 Å². The van der Waals surface area contributed by atoms with Crippen LogP contribution in [0.2, 0.25) is 0 Å². The van der Waals surface area contributed by atoms with E-state index in [-0.39, 0.29) is 0 Å². The first-order valence-corrected chi connectivity index (χ1v) is 7.15. The molecule has 3 atom stereocenters. The van der Waals surface area contributed by atoms with E-state index in [0.29, 0.717) is 17.4 Å². The average Bonchev–Trinajstić information content (AvgIpc) is 2.83. The van der Waals surface area contributed by atoms with Gasteiger partial charge in [0.2, 0.25) is 0 Å². The molecule has 0 spiro atoms. The van der Waals surface area contributed by atoms with Crippen molar-refractivity contribution >= 4 is 0 Å². The minimum Gasteiger partial charge on any atom is -0.379 e. The van der Waals surface area contributed by atoms with Gasteiger partial charge in [0.05, 0.1) is 13.2 Å². The van der Waals surface area contributed by atoms with Gasteiger partial charge in [-0.2, -0.15) is 0 Å². The second-order valence-electron chi connectivity index (χ2n) is 6.47. The lowest BCUT2D eigenvalue weighted by Crippen LogP contribution is -2.42. The maximum Gasteiger partial charge on any atom is 0.0623 e. The van der Waals surface area contributed by atoms with Gasteiger partial charge in [-0.15, -0.1) is 0 Å². The topological polar surface area (TPSA) is 33.3 Å². The third-order valence-corrected chi connectivity index (χ3v) is 4.30. The average molecular weight is 240 g/mol. The van der Waals surface area contributed by atoms with Crippen LogP contribution in [-0.4, -0.2) is 38.4 Å². The zero-order chi connectivity index (χ0) is 12.3. The zero-order valence-corrected chi connectivity index (χ0v) is 11.6. The van der Waals surface area contributed by atoms with Gasteiger partial charge in [-0.25, -0.2) is 0 Å². The monoisotopic (exact) mass is 240 g/mol. The quantitative estimate of drug-likeness (QED) is 0.768. The van der Waals surface area contributed by atoms with Crippen molar-refractivity contribution in [1.82, 2.24) is 10.6 Å². The summed E-state index contributed by atoms with van der Waals surface area (Å²) >= 11 is 0. The Morgan fingerprint density at radius 2 is 2.06 bits per heavy atom. The standard InChI is InChI=1S/C14H28N2O/c1-4-15-13-10-17-9-11(13)8-16-12-5-6-14(2,3)7-12/h11-13,15-16H,4-10H2,1-3H3. The lowest BCUT2D eigenvalue weighted by Gasteiger charge is -2.22. The molecule has 3 heteroatoms. The van der Waals surface area contributed by atoms with Crippen molar-refractivity contribution in [3.8, 4) is 0 Å². The highest BCUT2D eigenvalue weighted by Crippen LogP contribution is 2.36. The Labute approximate surface area is 106 Å². The summed E-state index contributed by atoms with van der Waals surface area (Å²) in [6.07, 6.45) is 4.03. The minimum absolute atomic E-state index is 0.547. The molecule has 0 bridgehead atoms. The maximum atomic E-state index is 5.58. The molecule has 0 aromatic carbocycles. The second kappa shape index (κ2) is 5.68.